The maximum atomic E-state index is 15.5. The fourth-order valence-corrected chi connectivity index (χ4v) is 4.54. The number of H-pyrrole nitrogens is 1. The van der Waals surface area contributed by atoms with Crippen LogP contribution in [0.4, 0.5) is 30.8 Å². The van der Waals surface area contributed by atoms with Crippen molar-refractivity contribution < 1.29 is 33.0 Å². The third kappa shape index (κ3) is 5.01. The van der Waals surface area contributed by atoms with Crippen LogP contribution in [0.15, 0.2) is 54.7 Å². The predicted molar refractivity (Wildman–Crippen MR) is 148 cm³/mol. The SMILES string of the molecule is CCN1C(=O)N(c2ccc(F)cc2)C(=O)[C@@H](C(N)=O)N1c1ccc(Oc2ccnc3[nH]nc(NC(C)CO)c23)c(F)c1. The van der Waals surface area contributed by atoms with E-state index in [9.17, 15) is 23.9 Å². The van der Waals surface area contributed by atoms with Crippen molar-refractivity contribution in [3.8, 4) is 11.5 Å². The van der Waals surface area contributed by atoms with E-state index in [1.165, 1.54) is 36.5 Å². The summed E-state index contributed by atoms with van der Waals surface area (Å²) in [5.41, 5.74) is 5.98. The number of rotatable bonds is 9. The molecule has 5 N–H and O–H groups in total. The highest BCUT2D eigenvalue weighted by molar-refractivity contribution is 6.25. The van der Waals surface area contributed by atoms with Gasteiger partial charge in [-0.25, -0.2) is 28.5 Å². The number of pyridine rings is 1. The van der Waals surface area contributed by atoms with Gasteiger partial charge in [-0.1, -0.05) is 0 Å². The van der Waals surface area contributed by atoms with Crippen molar-refractivity contribution >= 4 is 46.1 Å². The van der Waals surface area contributed by atoms with Crippen molar-refractivity contribution in [2.75, 3.05) is 28.4 Å². The van der Waals surface area contributed by atoms with Gasteiger partial charge >= 0.3 is 6.03 Å². The number of imide groups is 1. The number of aromatic nitrogens is 3. The van der Waals surface area contributed by atoms with Crippen LogP contribution in [0.2, 0.25) is 0 Å². The van der Waals surface area contributed by atoms with Crippen LogP contribution in [0.25, 0.3) is 11.0 Å². The van der Waals surface area contributed by atoms with Crippen LogP contribution in [0.1, 0.15) is 13.8 Å². The van der Waals surface area contributed by atoms with E-state index in [1.807, 2.05) is 0 Å². The van der Waals surface area contributed by atoms with Gasteiger partial charge in [-0.3, -0.25) is 19.7 Å². The Hall–Kier alpha value is -5.31. The second-order valence-corrected chi connectivity index (χ2v) is 9.35. The number of aliphatic hydroxyl groups is 1. The molecule has 1 saturated heterocycles. The number of aromatic amines is 1. The Labute approximate surface area is 237 Å². The number of primary amides is 1. The Morgan fingerprint density at radius 1 is 1.14 bits per heavy atom. The zero-order valence-electron chi connectivity index (χ0n) is 22.4. The topological polar surface area (TPSA) is 170 Å². The number of fused-ring (bicyclic) bond motifs is 1. The summed E-state index contributed by atoms with van der Waals surface area (Å²) in [6, 6.07) is 6.83. The molecule has 3 heterocycles. The summed E-state index contributed by atoms with van der Waals surface area (Å²) in [5.74, 6) is -3.20. The van der Waals surface area contributed by atoms with Crippen LogP contribution in [0.5, 0.6) is 11.5 Å². The van der Waals surface area contributed by atoms with Gasteiger partial charge in [0.15, 0.2) is 23.0 Å². The lowest BCUT2D eigenvalue weighted by atomic mass is 10.1. The summed E-state index contributed by atoms with van der Waals surface area (Å²) in [6.07, 6.45) is 1.44. The highest BCUT2D eigenvalue weighted by Crippen LogP contribution is 2.36. The zero-order valence-corrected chi connectivity index (χ0v) is 22.4. The number of amides is 4. The third-order valence-electron chi connectivity index (χ3n) is 6.50. The van der Waals surface area contributed by atoms with Crippen LogP contribution >= 0.6 is 0 Å². The fraction of sp³-hybridized carbons (Fsp3) is 0.222. The van der Waals surface area contributed by atoms with Crippen LogP contribution in [-0.4, -0.2) is 68.4 Å². The number of nitrogens with one attached hydrogen (secondary N) is 2. The molecule has 2 aromatic heterocycles. The Bertz CT molecular complexity index is 1660. The van der Waals surface area contributed by atoms with Gasteiger partial charge in [0.1, 0.15) is 17.0 Å². The summed E-state index contributed by atoms with van der Waals surface area (Å²) in [4.78, 5) is 44.3. The number of anilines is 3. The van der Waals surface area contributed by atoms with Gasteiger partial charge in [-0.2, -0.15) is 5.10 Å². The van der Waals surface area contributed by atoms with Crippen LogP contribution in [-0.2, 0) is 9.59 Å². The average molecular weight is 581 g/mol. The first-order valence-corrected chi connectivity index (χ1v) is 12.8. The molecule has 42 heavy (non-hydrogen) atoms. The van der Waals surface area contributed by atoms with Crippen molar-refractivity contribution in [1.82, 2.24) is 20.2 Å². The predicted octanol–water partition coefficient (Wildman–Crippen LogP) is 2.89. The lowest BCUT2D eigenvalue weighted by Gasteiger charge is -2.46. The number of carbonyl (C=O) groups excluding carboxylic acids is 3. The lowest BCUT2D eigenvalue weighted by Crippen LogP contribution is -2.70. The van der Waals surface area contributed by atoms with E-state index >= 15 is 4.39 Å². The molecule has 1 aliphatic rings. The number of urea groups is 1. The minimum Gasteiger partial charge on any atom is -0.453 e. The molecular weight excluding hydrogens is 554 g/mol. The molecule has 13 nitrogen and oxygen atoms in total. The molecule has 2 aromatic carbocycles. The van der Waals surface area contributed by atoms with Crippen molar-refractivity contribution in [3.63, 3.8) is 0 Å². The van der Waals surface area contributed by atoms with Crippen LogP contribution in [0.3, 0.4) is 0 Å². The third-order valence-corrected chi connectivity index (χ3v) is 6.50. The van der Waals surface area contributed by atoms with Crippen molar-refractivity contribution in [2.45, 2.75) is 25.9 Å². The Morgan fingerprint density at radius 3 is 2.50 bits per heavy atom. The lowest BCUT2D eigenvalue weighted by molar-refractivity contribution is -0.129. The van der Waals surface area contributed by atoms with Crippen molar-refractivity contribution in [3.05, 3.63) is 66.4 Å². The molecule has 15 heteroatoms. The van der Waals surface area contributed by atoms with E-state index in [2.05, 4.69) is 20.5 Å². The van der Waals surface area contributed by atoms with Gasteiger partial charge in [-0.15, -0.1) is 0 Å². The van der Waals surface area contributed by atoms with Gasteiger partial charge < -0.3 is 20.9 Å². The average Bonchev–Trinajstić information content (AvgIpc) is 3.38. The van der Waals surface area contributed by atoms with E-state index in [0.717, 1.165) is 33.1 Å². The maximum Gasteiger partial charge on any atom is 0.350 e. The Kier molecular flexibility index (Phi) is 7.58. The summed E-state index contributed by atoms with van der Waals surface area (Å²) < 4.78 is 34.9. The number of nitrogens with zero attached hydrogens (tertiary/aromatic N) is 5. The van der Waals surface area contributed by atoms with E-state index < -0.39 is 35.5 Å². The molecule has 0 bridgehead atoms. The number of carbonyl (C=O) groups is 3. The number of aliphatic hydroxyl groups excluding tert-OH is 1. The normalized spacial score (nSPS) is 16.2. The molecule has 0 saturated carbocycles. The van der Waals surface area contributed by atoms with Crippen molar-refractivity contribution in [2.24, 2.45) is 5.73 Å². The van der Waals surface area contributed by atoms with Crippen LogP contribution < -0.4 is 25.7 Å². The number of halogens is 2. The molecule has 4 aromatic rings. The summed E-state index contributed by atoms with van der Waals surface area (Å²) in [7, 11) is 0. The van der Waals surface area contributed by atoms with Gasteiger partial charge in [0, 0.05) is 30.9 Å². The van der Waals surface area contributed by atoms with Gasteiger partial charge in [0.25, 0.3) is 11.8 Å². The van der Waals surface area contributed by atoms with E-state index in [1.54, 1.807) is 13.8 Å². The molecule has 1 fully saturated rings. The number of hydrogen-bond donors (Lipinski definition) is 4. The first-order chi connectivity index (χ1) is 20.1. The van der Waals surface area contributed by atoms with E-state index in [-0.39, 0.29) is 42.1 Å². The number of nitrogens with two attached hydrogens (primary N) is 1. The first kappa shape index (κ1) is 28.2. The van der Waals surface area contributed by atoms with Gasteiger partial charge in [-0.05, 0) is 50.2 Å². The molecule has 0 aliphatic carbocycles. The second-order valence-electron chi connectivity index (χ2n) is 9.35. The molecule has 0 radical (unpaired) electrons. The minimum atomic E-state index is -1.72. The fourth-order valence-electron chi connectivity index (χ4n) is 4.54. The molecule has 2 atom stereocenters. The number of hydrogen-bond acceptors (Lipinski definition) is 9. The molecular formula is C27H26F2N8O5. The minimum absolute atomic E-state index is 0.0201. The number of benzene rings is 2. The largest absolute Gasteiger partial charge is 0.453 e. The second kappa shape index (κ2) is 11.3. The maximum absolute atomic E-state index is 15.5. The quantitative estimate of drug-likeness (QED) is 0.217. The highest BCUT2D eigenvalue weighted by Gasteiger charge is 2.48. The van der Waals surface area contributed by atoms with E-state index in [4.69, 9.17) is 10.5 Å². The molecule has 5 rings (SSSR count). The molecule has 1 unspecified atom stereocenters. The van der Waals surface area contributed by atoms with Gasteiger partial charge in [0.05, 0.1) is 18.0 Å². The summed E-state index contributed by atoms with van der Waals surface area (Å²) >= 11 is 0. The summed E-state index contributed by atoms with van der Waals surface area (Å²) in [6.45, 7) is 3.15. The summed E-state index contributed by atoms with van der Waals surface area (Å²) in [5, 5.41) is 21.8. The molecule has 218 valence electrons. The number of ether oxygens (including phenoxy) is 1. The smallest absolute Gasteiger partial charge is 0.350 e. The standard InChI is InChI=1S/C27H26F2N8O5/c1-3-35-27(41)36(16-6-4-15(28)5-7-16)26(40)22(23(30)39)37(35)17-8-9-19(18(29)12-17)42-20-10-11-31-24-21(20)25(34-33-24)32-14(2)13-38/h4-12,14,22,38H,3,13H2,1-2H3,(H2,30,39)(H2,31,32,33,34)/t14?,22-/m1/s1. The van der Waals surface area contributed by atoms with Gasteiger partial charge in [0.2, 0.25) is 6.04 Å². The highest BCUT2D eigenvalue weighted by atomic mass is 19.1. The molecule has 0 spiro atoms. The monoisotopic (exact) mass is 580 g/mol. The first-order valence-electron chi connectivity index (χ1n) is 12.8. The molecule has 4 amide bonds. The Morgan fingerprint density at radius 2 is 1.86 bits per heavy atom. The van der Waals surface area contributed by atoms with Crippen molar-refractivity contribution in [1.29, 1.82) is 0 Å². The Balaban J connectivity index is 1.49. The van der Waals surface area contributed by atoms with Crippen LogP contribution in [0, 0.1) is 11.6 Å². The molecule has 1 aliphatic heterocycles. The van der Waals surface area contributed by atoms with E-state index in [0.29, 0.717) is 16.9 Å². The zero-order chi connectivity index (χ0) is 30.1. The number of hydrazine groups is 1.